The summed E-state index contributed by atoms with van der Waals surface area (Å²) in [6.07, 6.45) is 0. The van der Waals surface area contributed by atoms with Crippen LogP contribution in [0.3, 0.4) is 0 Å². The standard InChI is InChI=1S/C58H43N/c1-57(2)51-23-13-12-22-47(51)48-31-27-39(34-53(48)57)59(38-26-30-46-44-20-9-8-18-42(44)43-19-10-11-21-45(43)50(46)33-38)40-28-32-49-54(35-40)58(3,4)52-24-14-17-37-25-29-41(56(49)55(37)52)36-15-6-5-7-16-36/h5-35H,1-4H3. The van der Waals surface area contributed by atoms with Gasteiger partial charge < -0.3 is 4.90 Å². The molecule has 10 aromatic rings. The Kier molecular flexibility index (Phi) is 7.10. The highest BCUT2D eigenvalue weighted by Crippen LogP contribution is 2.55. The first-order valence-electron chi connectivity index (χ1n) is 20.9. The van der Waals surface area contributed by atoms with Gasteiger partial charge in [-0.2, -0.15) is 0 Å². The zero-order valence-electron chi connectivity index (χ0n) is 33.8. The molecule has 0 aromatic heterocycles. The maximum Gasteiger partial charge on any atom is 0.0468 e. The third-order valence-corrected chi connectivity index (χ3v) is 13.8. The lowest BCUT2D eigenvalue weighted by Crippen LogP contribution is -2.24. The van der Waals surface area contributed by atoms with Gasteiger partial charge in [0, 0.05) is 27.9 Å². The van der Waals surface area contributed by atoms with Gasteiger partial charge in [-0.3, -0.25) is 0 Å². The topological polar surface area (TPSA) is 3.24 Å². The van der Waals surface area contributed by atoms with E-state index in [2.05, 4.69) is 221 Å². The Bertz CT molecular complexity index is 3350. The van der Waals surface area contributed by atoms with Crippen molar-refractivity contribution in [1.82, 2.24) is 0 Å². The van der Waals surface area contributed by atoms with E-state index in [9.17, 15) is 0 Å². The molecule has 0 saturated carbocycles. The van der Waals surface area contributed by atoms with Crippen molar-refractivity contribution in [3.05, 3.63) is 210 Å². The van der Waals surface area contributed by atoms with Crippen LogP contribution in [0.4, 0.5) is 17.1 Å². The summed E-state index contributed by atoms with van der Waals surface area (Å²) in [5.74, 6) is 0. The second-order valence-corrected chi connectivity index (χ2v) is 17.7. The summed E-state index contributed by atoms with van der Waals surface area (Å²) in [5, 5.41) is 10.3. The minimum Gasteiger partial charge on any atom is -0.310 e. The van der Waals surface area contributed by atoms with Crippen molar-refractivity contribution in [2.24, 2.45) is 0 Å². The van der Waals surface area contributed by atoms with E-state index >= 15 is 0 Å². The fourth-order valence-electron chi connectivity index (χ4n) is 10.9. The lowest BCUT2D eigenvalue weighted by molar-refractivity contribution is 0.645. The molecule has 0 aliphatic heterocycles. The number of hydrogen-bond acceptors (Lipinski definition) is 1. The Morgan fingerprint density at radius 3 is 1.53 bits per heavy atom. The summed E-state index contributed by atoms with van der Waals surface area (Å²) in [5.41, 5.74) is 16.4. The first-order chi connectivity index (χ1) is 28.8. The van der Waals surface area contributed by atoms with E-state index < -0.39 is 0 Å². The first-order valence-corrected chi connectivity index (χ1v) is 20.9. The summed E-state index contributed by atoms with van der Waals surface area (Å²) in [4.78, 5) is 2.51. The molecule has 0 unspecified atom stereocenters. The smallest absolute Gasteiger partial charge is 0.0468 e. The molecule has 2 aliphatic rings. The number of nitrogens with zero attached hydrogens (tertiary/aromatic N) is 1. The van der Waals surface area contributed by atoms with Crippen molar-refractivity contribution in [2.45, 2.75) is 38.5 Å². The van der Waals surface area contributed by atoms with Crippen molar-refractivity contribution < 1.29 is 0 Å². The van der Waals surface area contributed by atoms with Crippen LogP contribution in [-0.4, -0.2) is 0 Å². The summed E-state index contributed by atoms with van der Waals surface area (Å²) < 4.78 is 0. The molecule has 0 spiro atoms. The van der Waals surface area contributed by atoms with E-state index in [4.69, 9.17) is 0 Å². The summed E-state index contributed by atoms with van der Waals surface area (Å²) >= 11 is 0. The van der Waals surface area contributed by atoms with E-state index in [-0.39, 0.29) is 10.8 Å². The SMILES string of the molecule is CC1(C)c2ccccc2-c2ccc(N(c3ccc4c(c3)C(C)(C)c3cccc5ccc(-c6ccccc6)c-4c35)c3ccc4c5ccccc5c5ccccc5c4c3)cc21. The van der Waals surface area contributed by atoms with Gasteiger partial charge in [0.25, 0.3) is 0 Å². The maximum atomic E-state index is 2.51. The minimum atomic E-state index is -0.237. The van der Waals surface area contributed by atoms with E-state index in [1.54, 1.807) is 0 Å². The zero-order chi connectivity index (χ0) is 39.6. The van der Waals surface area contributed by atoms with Gasteiger partial charge in [-0.1, -0.05) is 179 Å². The second-order valence-electron chi connectivity index (χ2n) is 17.7. The summed E-state index contributed by atoms with van der Waals surface area (Å²) in [7, 11) is 0. The predicted octanol–water partition coefficient (Wildman–Crippen LogP) is 16.0. The molecule has 1 nitrogen and oxygen atoms in total. The van der Waals surface area contributed by atoms with Gasteiger partial charge in [0.05, 0.1) is 0 Å². The van der Waals surface area contributed by atoms with Crippen molar-refractivity contribution in [1.29, 1.82) is 0 Å². The molecule has 10 aromatic carbocycles. The van der Waals surface area contributed by atoms with Crippen LogP contribution < -0.4 is 4.90 Å². The van der Waals surface area contributed by atoms with Crippen LogP contribution in [0.1, 0.15) is 49.9 Å². The highest BCUT2D eigenvalue weighted by molar-refractivity contribution is 6.26. The molecule has 12 rings (SSSR count). The molecule has 2 aliphatic carbocycles. The molecule has 0 amide bonds. The van der Waals surface area contributed by atoms with Crippen molar-refractivity contribution in [3.8, 4) is 33.4 Å². The first kappa shape index (κ1) is 34.1. The molecule has 0 radical (unpaired) electrons. The highest BCUT2D eigenvalue weighted by atomic mass is 15.1. The molecule has 1 heteroatoms. The lowest BCUT2D eigenvalue weighted by Gasteiger charge is -2.37. The van der Waals surface area contributed by atoms with Crippen LogP contribution in [0.25, 0.3) is 76.5 Å². The van der Waals surface area contributed by atoms with Crippen LogP contribution in [0, 0.1) is 0 Å². The van der Waals surface area contributed by atoms with Gasteiger partial charge in [-0.15, -0.1) is 0 Å². The fourth-order valence-corrected chi connectivity index (χ4v) is 10.9. The van der Waals surface area contributed by atoms with E-state index in [1.165, 1.54) is 98.7 Å². The average molecular weight is 754 g/mol. The molecular formula is C58H43N. The fraction of sp³-hybridized carbons (Fsp3) is 0.103. The van der Waals surface area contributed by atoms with Gasteiger partial charge in [0.2, 0.25) is 0 Å². The van der Waals surface area contributed by atoms with Crippen LogP contribution >= 0.6 is 0 Å². The largest absolute Gasteiger partial charge is 0.310 e. The summed E-state index contributed by atoms with van der Waals surface area (Å²) in [6, 6.07) is 70.7. The third-order valence-electron chi connectivity index (χ3n) is 13.8. The van der Waals surface area contributed by atoms with Crippen LogP contribution in [0.2, 0.25) is 0 Å². The van der Waals surface area contributed by atoms with Crippen LogP contribution in [-0.2, 0) is 10.8 Å². The van der Waals surface area contributed by atoms with Crippen molar-refractivity contribution in [2.75, 3.05) is 4.90 Å². The highest BCUT2D eigenvalue weighted by Gasteiger charge is 2.37. The number of benzene rings is 10. The predicted molar refractivity (Wildman–Crippen MR) is 252 cm³/mol. The van der Waals surface area contributed by atoms with Gasteiger partial charge in [0.15, 0.2) is 0 Å². The maximum absolute atomic E-state index is 2.51. The molecule has 280 valence electrons. The molecule has 0 fully saturated rings. The minimum absolute atomic E-state index is 0.125. The van der Waals surface area contributed by atoms with Gasteiger partial charge >= 0.3 is 0 Å². The molecule has 0 saturated heterocycles. The van der Waals surface area contributed by atoms with Gasteiger partial charge in [0.1, 0.15) is 0 Å². The Morgan fingerprint density at radius 2 is 0.814 bits per heavy atom. The van der Waals surface area contributed by atoms with Crippen molar-refractivity contribution in [3.63, 3.8) is 0 Å². The summed E-state index contributed by atoms with van der Waals surface area (Å²) in [6.45, 7) is 9.58. The number of anilines is 3. The van der Waals surface area contributed by atoms with Crippen LogP contribution in [0.15, 0.2) is 188 Å². The average Bonchev–Trinajstić information content (AvgIpc) is 3.51. The molecule has 0 heterocycles. The Balaban J connectivity index is 1.13. The van der Waals surface area contributed by atoms with Crippen molar-refractivity contribution >= 4 is 60.2 Å². The number of fused-ring (bicyclic) bond motifs is 11. The molecule has 0 N–H and O–H groups in total. The molecule has 59 heavy (non-hydrogen) atoms. The molecule has 0 atom stereocenters. The Labute approximate surface area is 345 Å². The van der Waals surface area contributed by atoms with E-state index in [0.717, 1.165) is 17.1 Å². The van der Waals surface area contributed by atoms with Crippen LogP contribution in [0.5, 0.6) is 0 Å². The monoisotopic (exact) mass is 753 g/mol. The third kappa shape index (κ3) is 4.79. The number of hydrogen-bond donors (Lipinski definition) is 0. The van der Waals surface area contributed by atoms with E-state index in [0.29, 0.717) is 0 Å². The zero-order valence-corrected chi connectivity index (χ0v) is 33.8. The second kappa shape index (κ2) is 12.3. The number of rotatable bonds is 4. The van der Waals surface area contributed by atoms with Gasteiger partial charge in [-0.25, -0.2) is 0 Å². The Morgan fingerprint density at radius 1 is 0.322 bits per heavy atom. The quantitative estimate of drug-likeness (QED) is 0.162. The molecular weight excluding hydrogens is 711 g/mol. The van der Waals surface area contributed by atoms with E-state index in [1.807, 2.05) is 0 Å². The normalized spacial score (nSPS) is 14.4. The Hall–Kier alpha value is -6.96. The lowest BCUT2D eigenvalue weighted by atomic mass is 9.67. The molecule has 0 bridgehead atoms. The van der Waals surface area contributed by atoms with Gasteiger partial charge in [-0.05, 0) is 135 Å².